The van der Waals surface area contributed by atoms with E-state index in [0.717, 1.165) is 10.9 Å². The topological polar surface area (TPSA) is 153 Å². The lowest BCUT2D eigenvalue weighted by Gasteiger charge is -2.33. The molecular formula is C15H21N3O8. The highest BCUT2D eigenvalue weighted by molar-refractivity contribution is 5.67. The summed E-state index contributed by atoms with van der Waals surface area (Å²) in [5.41, 5.74) is -1.44. The Hall–Kier alpha value is -2.08. The van der Waals surface area contributed by atoms with Crippen LogP contribution in [0.15, 0.2) is 15.8 Å². The van der Waals surface area contributed by atoms with Gasteiger partial charge in [-0.1, -0.05) is 6.92 Å². The summed E-state index contributed by atoms with van der Waals surface area (Å²) in [6, 6.07) is 0. The molecule has 6 atom stereocenters. The van der Waals surface area contributed by atoms with Crippen LogP contribution in [0.3, 0.4) is 0 Å². The summed E-state index contributed by atoms with van der Waals surface area (Å²) in [6.45, 7) is 3.08. The summed E-state index contributed by atoms with van der Waals surface area (Å²) in [5.74, 6) is -2.64. The van der Waals surface area contributed by atoms with E-state index in [9.17, 15) is 19.5 Å². The number of aromatic nitrogens is 3. The van der Waals surface area contributed by atoms with E-state index in [1.54, 1.807) is 6.92 Å². The molecule has 2 unspecified atom stereocenters. The van der Waals surface area contributed by atoms with Crippen LogP contribution in [0.2, 0.25) is 0 Å². The number of ether oxygens (including phenoxy) is 3. The monoisotopic (exact) mass is 371 g/mol. The summed E-state index contributed by atoms with van der Waals surface area (Å²) in [6.07, 6.45) is -2.04. The molecule has 2 saturated heterocycles. The molecule has 0 aromatic carbocycles. The lowest BCUT2D eigenvalue weighted by molar-refractivity contribution is -0.239. The predicted molar refractivity (Wildman–Crippen MR) is 84.3 cm³/mol. The number of H-pyrrole nitrogens is 1. The predicted octanol–water partition coefficient (Wildman–Crippen LogP) is -1.18. The first kappa shape index (κ1) is 18.7. The Balaban J connectivity index is 1.92. The molecule has 0 bridgehead atoms. The summed E-state index contributed by atoms with van der Waals surface area (Å²) in [5, 5.41) is 22.5. The normalized spacial score (nSPS) is 34.6. The van der Waals surface area contributed by atoms with Crippen LogP contribution in [0.4, 0.5) is 0 Å². The minimum absolute atomic E-state index is 0.154. The van der Waals surface area contributed by atoms with E-state index in [1.807, 2.05) is 6.92 Å². The summed E-state index contributed by atoms with van der Waals surface area (Å²) >= 11 is 0. The highest BCUT2D eigenvalue weighted by atomic mass is 16.8. The number of hydrogen-bond donors (Lipinski definition) is 3. The molecule has 0 aliphatic carbocycles. The van der Waals surface area contributed by atoms with E-state index < -0.39 is 53.5 Å². The molecule has 3 rings (SSSR count). The number of nitrogens with zero attached hydrogens (tertiary/aromatic N) is 2. The average Bonchev–Trinajstić information content (AvgIpc) is 3.08. The largest absolute Gasteiger partial charge is 0.481 e. The van der Waals surface area contributed by atoms with Crippen molar-refractivity contribution in [3.63, 3.8) is 0 Å². The second-order valence-corrected chi connectivity index (χ2v) is 6.52. The third-order valence-corrected chi connectivity index (χ3v) is 4.84. The van der Waals surface area contributed by atoms with Gasteiger partial charge in [-0.15, -0.1) is 0 Å². The number of carboxylic acids is 1. The standard InChI is InChI=1S/C15H21N3O8/c1-3-7(4-10(21)22)15(2)25-11-8(6-19)24-13(12(11)26-15)18-14(23)17-9(20)5-16-18/h5,7-8,11-13,19H,3-4,6H2,1-2H3,(H,21,22)(H,17,20,23)/t7?,8-,11-,12-,13-,15?/m1/s1. The molecule has 3 heterocycles. The minimum atomic E-state index is -1.22. The summed E-state index contributed by atoms with van der Waals surface area (Å²) in [7, 11) is 0. The highest BCUT2D eigenvalue weighted by Gasteiger charge is 2.59. The smallest absolute Gasteiger partial charge is 0.347 e. The van der Waals surface area contributed by atoms with Gasteiger partial charge in [-0.05, 0) is 13.3 Å². The maximum absolute atomic E-state index is 12.0. The number of fused-ring (bicyclic) bond motifs is 1. The SMILES string of the molecule is CCC(CC(=O)O)C1(C)O[C@@H]2[C@H](O1)[C@@H](CO)O[C@H]2n1ncc(=O)[nH]c1=O. The van der Waals surface area contributed by atoms with Crippen LogP contribution in [0.5, 0.6) is 0 Å². The van der Waals surface area contributed by atoms with Crippen LogP contribution >= 0.6 is 0 Å². The molecule has 1 aromatic heterocycles. The fourth-order valence-electron chi connectivity index (χ4n) is 3.53. The molecule has 144 valence electrons. The van der Waals surface area contributed by atoms with Crippen LogP contribution in [-0.4, -0.2) is 61.7 Å². The lowest BCUT2D eigenvalue weighted by Crippen LogP contribution is -2.42. The van der Waals surface area contributed by atoms with Crippen molar-refractivity contribution in [1.82, 2.24) is 14.8 Å². The van der Waals surface area contributed by atoms with Gasteiger partial charge in [0.2, 0.25) is 0 Å². The van der Waals surface area contributed by atoms with Crippen molar-refractivity contribution in [3.05, 3.63) is 27.0 Å². The zero-order valence-corrected chi connectivity index (χ0v) is 14.3. The fraction of sp³-hybridized carbons (Fsp3) is 0.733. The van der Waals surface area contributed by atoms with Crippen molar-refractivity contribution in [2.75, 3.05) is 6.61 Å². The van der Waals surface area contributed by atoms with E-state index in [1.165, 1.54) is 0 Å². The first-order chi connectivity index (χ1) is 12.3. The second-order valence-electron chi connectivity index (χ2n) is 6.52. The van der Waals surface area contributed by atoms with Gasteiger partial charge < -0.3 is 24.4 Å². The number of aliphatic hydroxyl groups is 1. The van der Waals surface area contributed by atoms with E-state index in [0.29, 0.717) is 6.42 Å². The van der Waals surface area contributed by atoms with Gasteiger partial charge in [0.15, 0.2) is 12.0 Å². The minimum Gasteiger partial charge on any atom is -0.481 e. The first-order valence-corrected chi connectivity index (χ1v) is 8.31. The molecule has 1 aromatic rings. The number of carbonyl (C=O) groups is 1. The maximum atomic E-state index is 12.0. The van der Waals surface area contributed by atoms with E-state index in [-0.39, 0.29) is 13.0 Å². The van der Waals surface area contributed by atoms with Crippen LogP contribution < -0.4 is 11.2 Å². The molecule has 0 amide bonds. The van der Waals surface area contributed by atoms with Crippen molar-refractivity contribution < 1.29 is 29.2 Å². The molecule has 0 radical (unpaired) electrons. The molecule has 0 spiro atoms. The van der Waals surface area contributed by atoms with Crippen molar-refractivity contribution in [2.24, 2.45) is 5.92 Å². The van der Waals surface area contributed by atoms with E-state index in [4.69, 9.17) is 19.3 Å². The number of rotatable bonds is 6. The molecule has 2 fully saturated rings. The summed E-state index contributed by atoms with van der Waals surface area (Å²) in [4.78, 5) is 36.5. The van der Waals surface area contributed by atoms with Gasteiger partial charge in [-0.3, -0.25) is 14.6 Å². The van der Waals surface area contributed by atoms with Crippen LogP contribution in [0.25, 0.3) is 0 Å². The van der Waals surface area contributed by atoms with Crippen molar-refractivity contribution in [2.45, 2.75) is 57.0 Å². The number of aromatic amines is 1. The number of aliphatic hydroxyl groups excluding tert-OH is 1. The van der Waals surface area contributed by atoms with Gasteiger partial charge in [0.1, 0.15) is 24.5 Å². The van der Waals surface area contributed by atoms with E-state index >= 15 is 0 Å². The molecule has 2 aliphatic heterocycles. The van der Waals surface area contributed by atoms with Crippen molar-refractivity contribution in [1.29, 1.82) is 0 Å². The number of carboxylic acid groups (broad SMARTS) is 1. The van der Waals surface area contributed by atoms with Crippen molar-refractivity contribution >= 4 is 5.97 Å². The number of nitrogens with one attached hydrogen (secondary N) is 1. The first-order valence-electron chi connectivity index (χ1n) is 8.31. The molecular weight excluding hydrogens is 350 g/mol. The van der Waals surface area contributed by atoms with Gasteiger partial charge >= 0.3 is 11.7 Å². The lowest BCUT2D eigenvalue weighted by atomic mass is 9.93. The van der Waals surface area contributed by atoms with Gasteiger partial charge in [-0.25, -0.2) is 4.79 Å². The molecule has 3 N–H and O–H groups in total. The highest BCUT2D eigenvalue weighted by Crippen LogP contribution is 2.46. The molecule has 2 aliphatic rings. The van der Waals surface area contributed by atoms with Crippen LogP contribution in [0, 0.1) is 5.92 Å². The second kappa shape index (κ2) is 6.91. The fourth-order valence-corrected chi connectivity index (χ4v) is 3.53. The number of aliphatic carboxylic acids is 1. The Morgan fingerprint density at radius 3 is 2.69 bits per heavy atom. The zero-order valence-electron chi connectivity index (χ0n) is 14.3. The Morgan fingerprint density at radius 1 is 1.42 bits per heavy atom. The molecule has 26 heavy (non-hydrogen) atoms. The number of hydrogen-bond acceptors (Lipinski definition) is 8. The van der Waals surface area contributed by atoms with Crippen LogP contribution in [-0.2, 0) is 19.0 Å². The molecule has 11 heteroatoms. The summed E-state index contributed by atoms with van der Waals surface area (Å²) < 4.78 is 18.5. The average molecular weight is 371 g/mol. The Bertz CT molecular complexity index is 792. The Labute approximate surface area is 147 Å². The van der Waals surface area contributed by atoms with Crippen LogP contribution in [0.1, 0.15) is 32.9 Å². The van der Waals surface area contributed by atoms with E-state index in [2.05, 4.69) is 10.1 Å². The Kier molecular flexibility index (Phi) is 4.97. The Morgan fingerprint density at radius 2 is 2.12 bits per heavy atom. The van der Waals surface area contributed by atoms with Crippen molar-refractivity contribution in [3.8, 4) is 0 Å². The van der Waals surface area contributed by atoms with Gasteiger partial charge in [0, 0.05) is 5.92 Å². The third-order valence-electron chi connectivity index (χ3n) is 4.84. The van der Waals surface area contributed by atoms with Gasteiger partial charge in [0.05, 0.1) is 13.0 Å². The van der Waals surface area contributed by atoms with Gasteiger partial charge in [0.25, 0.3) is 5.56 Å². The molecule has 0 saturated carbocycles. The third kappa shape index (κ3) is 3.18. The molecule has 11 nitrogen and oxygen atoms in total. The van der Waals surface area contributed by atoms with Gasteiger partial charge in [-0.2, -0.15) is 9.78 Å². The quantitative estimate of drug-likeness (QED) is 0.561. The zero-order chi connectivity index (χ0) is 19.1. The maximum Gasteiger partial charge on any atom is 0.347 e.